The van der Waals surface area contributed by atoms with E-state index in [-0.39, 0.29) is 15.3 Å². The molecular formula is C6H3BrClF3N2O. The number of aromatic nitrogens is 1. The lowest BCUT2D eigenvalue weighted by atomic mass is 10.4. The Bertz CT molecular complexity index is 358. The number of nitrogens with two attached hydrogens (primary N) is 1. The number of nitrogen functional groups attached to an aromatic ring is 1. The lowest BCUT2D eigenvalue weighted by Gasteiger charge is -2.11. The average Bonchev–Trinajstić information content (AvgIpc) is 2.04. The molecule has 3 nitrogen and oxygen atoms in total. The fourth-order valence-electron chi connectivity index (χ4n) is 0.667. The molecule has 1 rings (SSSR count). The Kier molecular flexibility index (Phi) is 3.10. The first-order chi connectivity index (χ1) is 6.31. The fourth-order valence-corrected chi connectivity index (χ4v) is 1.12. The van der Waals surface area contributed by atoms with Crippen molar-refractivity contribution < 1.29 is 17.9 Å². The summed E-state index contributed by atoms with van der Waals surface area (Å²) < 4.78 is 39.1. The molecular weight excluding hydrogens is 288 g/mol. The maximum Gasteiger partial charge on any atom is 0.573 e. The van der Waals surface area contributed by atoms with Crippen molar-refractivity contribution in [3.05, 3.63) is 15.8 Å². The summed E-state index contributed by atoms with van der Waals surface area (Å²) in [5, 5.41) is -0.119. The number of halogens is 5. The highest BCUT2D eigenvalue weighted by Crippen LogP contribution is 2.35. The Morgan fingerprint density at radius 2 is 2.07 bits per heavy atom. The van der Waals surface area contributed by atoms with Crippen molar-refractivity contribution in [2.75, 3.05) is 5.73 Å². The van der Waals surface area contributed by atoms with E-state index in [9.17, 15) is 13.2 Å². The van der Waals surface area contributed by atoms with Crippen LogP contribution in [0, 0.1) is 0 Å². The van der Waals surface area contributed by atoms with Gasteiger partial charge in [0.25, 0.3) is 0 Å². The second-order valence-electron chi connectivity index (χ2n) is 2.19. The quantitative estimate of drug-likeness (QED) is 0.809. The molecule has 0 unspecified atom stereocenters. The summed E-state index contributed by atoms with van der Waals surface area (Å²) in [4.78, 5) is 3.50. The molecule has 1 heterocycles. The van der Waals surface area contributed by atoms with Crippen LogP contribution in [0.15, 0.2) is 10.8 Å². The predicted molar refractivity (Wildman–Crippen MR) is 48.0 cm³/mol. The van der Waals surface area contributed by atoms with E-state index < -0.39 is 12.1 Å². The van der Waals surface area contributed by atoms with Gasteiger partial charge in [-0.15, -0.1) is 13.2 Å². The van der Waals surface area contributed by atoms with Crippen LogP contribution in [0.25, 0.3) is 0 Å². The Morgan fingerprint density at radius 3 is 2.57 bits per heavy atom. The van der Waals surface area contributed by atoms with Crippen molar-refractivity contribution in [1.29, 1.82) is 0 Å². The van der Waals surface area contributed by atoms with Gasteiger partial charge >= 0.3 is 6.36 Å². The highest BCUT2D eigenvalue weighted by Gasteiger charge is 2.32. The number of alkyl halides is 3. The molecule has 0 radical (unpaired) electrons. The summed E-state index contributed by atoms with van der Waals surface area (Å²) >= 11 is 8.43. The van der Waals surface area contributed by atoms with Crippen molar-refractivity contribution in [3.8, 4) is 5.75 Å². The van der Waals surface area contributed by atoms with Crippen LogP contribution < -0.4 is 10.5 Å². The summed E-state index contributed by atoms with van der Waals surface area (Å²) in [6.45, 7) is 0. The van der Waals surface area contributed by atoms with E-state index in [4.69, 9.17) is 17.3 Å². The van der Waals surface area contributed by atoms with E-state index in [0.29, 0.717) is 0 Å². The Balaban J connectivity index is 3.06. The van der Waals surface area contributed by atoms with Crippen LogP contribution in [-0.4, -0.2) is 11.3 Å². The van der Waals surface area contributed by atoms with Crippen LogP contribution in [0.4, 0.5) is 18.9 Å². The number of pyridine rings is 1. The van der Waals surface area contributed by atoms with Crippen LogP contribution in [0.2, 0.25) is 5.02 Å². The van der Waals surface area contributed by atoms with Gasteiger partial charge in [-0.3, -0.25) is 0 Å². The standard InChI is InChI=1S/C6H3BrClF3N2O/c7-5-3(8)4(12)2(1-13-5)14-6(9,10)11/h1H,(H2,12,13). The zero-order valence-corrected chi connectivity index (χ0v) is 8.74. The molecule has 8 heteroatoms. The zero-order valence-electron chi connectivity index (χ0n) is 6.40. The van der Waals surface area contributed by atoms with E-state index in [1.807, 2.05) is 0 Å². The molecule has 0 aliphatic carbocycles. The van der Waals surface area contributed by atoms with Crippen LogP contribution in [-0.2, 0) is 0 Å². The molecule has 0 atom stereocenters. The maximum absolute atomic E-state index is 11.8. The molecule has 0 amide bonds. The topological polar surface area (TPSA) is 48.1 Å². The Hall–Kier alpha value is -0.690. The van der Waals surface area contributed by atoms with Gasteiger partial charge in [-0.2, -0.15) is 0 Å². The predicted octanol–water partition coefficient (Wildman–Crippen LogP) is 2.98. The Labute approximate surface area is 90.1 Å². The number of nitrogens with zero attached hydrogens (tertiary/aromatic N) is 1. The van der Waals surface area contributed by atoms with Gasteiger partial charge in [0.15, 0.2) is 5.75 Å². The van der Waals surface area contributed by atoms with E-state index in [2.05, 4.69) is 25.7 Å². The van der Waals surface area contributed by atoms with Crippen molar-refractivity contribution in [3.63, 3.8) is 0 Å². The molecule has 0 fully saturated rings. The first-order valence-electron chi connectivity index (χ1n) is 3.16. The van der Waals surface area contributed by atoms with Crippen LogP contribution in [0.1, 0.15) is 0 Å². The van der Waals surface area contributed by atoms with Gasteiger partial charge in [-0.25, -0.2) is 4.98 Å². The van der Waals surface area contributed by atoms with Crippen LogP contribution >= 0.6 is 27.5 Å². The molecule has 0 spiro atoms. The summed E-state index contributed by atoms with van der Waals surface area (Å²) in [6, 6.07) is 0. The largest absolute Gasteiger partial charge is 0.573 e. The SMILES string of the molecule is Nc1c(OC(F)(F)F)cnc(Br)c1Cl. The molecule has 0 saturated carbocycles. The lowest BCUT2D eigenvalue weighted by Crippen LogP contribution is -2.18. The van der Waals surface area contributed by atoms with Crippen LogP contribution in [0.5, 0.6) is 5.75 Å². The van der Waals surface area contributed by atoms with Crippen LogP contribution in [0.3, 0.4) is 0 Å². The second-order valence-corrected chi connectivity index (χ2v) is 3.32. The summed E-state index contributed by atoms with van der Waals surface area (Å²) in [5.74, 6) is -0.620. The molecule has 78 valence electrons. The smallest absolute Gasteiger partial charge is 0.402 e. The minimum Gasteiger partial charge on any atom is -0.402 e. The van der Waals surface area contributed by atoms with E-state index in [1.165, 1.54) is 0 Å². The van der Waals surface area contributed by atoms with Gasteiger partial charge < -0.3 is 10.5 Å². The zero-order chi connectivity index (χ0) is 10.9. The van der Waals surface area contributed by atoms with Crippen molar-refractivity contribution >= 4 is 33.2 Å². The molecule has 0 bridgehead atoms. The first kappa shape index (κ1) is 11.4. The van der Waals surface area contributed by atoms with E-state index in [1.54, 1.807) is 0 Å². The molecule has 1 aromatic rings. The van der Waals surface area contributed by atoms with Gasteiger partial charge in [0.1, 0.15) is 9.63 Å². The summed E-state index contributed by atoms with van der Waals surface area (Å²) in [6.07, 6.45) is -3.98. The van der Waals surface area contributed by atoms with Crippen molar-refractivity contribution in [2.24, 2.45) is 0 Å². The van der Waals surface area contributed by atoms with Gasteiger partial charge in [0, 0.05) is 0 Å². The number of rotatable bonds is 1. The highest BCUT2D eigenvalue weighted by molar-refractivity contribution is 9.10. The Morgan fingerprint density at radius 1 is 1.50 bits per heavy atom. The van der Waals surface area contributed by atoms with Gasteiger partial charge in [-0.05, 0) is 15.9 Å². The van der Waals surface area contributed by atoms with E-state index in [0.717, 1.165) is 6.20 Å². The molecule has 0 aliphatic rings. The molecule has 0 aromatic carbocycles. The van der Waals surface area contributed by atoms with Crippen molar-refractivity contribution in [2.45, 2.75) is 6.36 Å². The molecule has 0 saturated heterocycles. The lowest BCUT2D eigenvalue weighted by molar-refractivity contribution is -0.274. The first-order valence-corrected chi connectivity index (χ1v) is 4.33. The fraction of sp³-hybridized carbons (Fsp3) is 0.167. The summed E-state index contributed by atoms with van der Waals surface area (Å²) in [7, 11) is 0. The third kappa shape index (κ3) is 2.65. The van der Waals surface area contributed by atoms with Crippen molar-refractivity contribution in [1.82, 2.24) is 4.98 Å². The van der Waals surface area contributed by atoms with Gasteiger partial charge in [0.05, 0.1) is 11.9 Å². The highest BCUT2D eigenvalue weighted by atomic mass is 79.9. The maximum atomic E-state index is 11.8. The molecule has 2 N–H and O–H groups in total. The van der Waals surface area contributed by atoms with E-state index >= 15 is 0 Å². The number of hydrogen-bond acceptors (Lipinski definition) is 3. The normalized spacial score (nSPS) is 11.5. The van der Waals surface area contributed by atoms with Gasteiger partial charge in [-0.1, -0.05) is 11.6 Å². The number of hydrogen-bond donors (Lipinski definition) is 1. The minimum atomic E-state index is -4.81. The number of anilines is 1. The monoisotopic (exact) mass is 290 g/mol. The minimum absolute atomic E-state index is 0.119. The molecule has 1 aromatic heterocycles. The third-order valence-electron chi connectivity index (χ3n) is 1.20. The second kappa shape index (κ2) is 3.82. The average molecular weight is 291 g/mol. The van der Waals surface area contributed by atoms with Gasteiger partial charge in [0.2, 0.25) is 0 Å². The number of ether oxygens (including phenoxy) is 1. The molecule has 0 aliphatic heterocycles. The molecule has 14 heavy (non-hydrogen) atoms. The summed E-state index contributed by atoms with van der Waals surface area (Å²) in [5.41, 5.74) is 4.95. The third-order valence-corrected chi connectivity index (χ3v) is 2.42.